The Balaban J connectivity index is 2.45. The number of pyridine rings is 1. The molecule has 1 unspecified atom stereocenters. The van der Waals surface area contributed by atoms with Crippen LogP contribution in [0.3, 0.4) is 0 Å². The highest BCUT2D eigenvalue weighted by atomic mass is 35.5. The van der Waals surface area contributed by atoms with Crippen molar-refractivity contribution in [1.29, 1.82) is 0 Å². The monoisotopic (exact) mass is 474 g/mol. The van der Waals surface area contributed by atoms with Crippen molar-refractivity contribution in [2.75, 3.05) is 17.2 Å². The molecule has 0 saturated carbocycles. The summed E-state index contributed by atoms with van der Waals surface area (Å²) in [6.45, 7) is 18.9. The summed E-state index contributed by atoms with van der Waals surface area (Å²) in [5.41, 5.74) is 3.38. The zero-order valence-corrected chi connectivity index (χ0v) is 22.6. The molecule has 1 atom stereocenters. The van der Waals surface area contributed by atoms with Crippen molar-refractivity contribution in [3.8, 4) is 0 Å². The maximum absolute atomic E-state index is 6.38. The van der Waals surface area contributed by atoms with Crippen LogP contribution in [0.5, 0.6) is 0 Å². The lowest BCUT2D eigenvalue weighted by molar-refractivity contribution is 0.275. The second-order valence-electron chi connectivity index (χ2n) is 9.83. The van der Waals surface area contributed by atoms with Crippen LogP contribution < -0.4 is 4.72 Å². The van der Waals surface area contributed by atoms with E-state index in [1.54, 1.807) is 12.4 Å². The minimum absolute atomic E-state index is 0.0110. The minimum atomic E-state index is -1.34. The summed E-state index contributed by atoms with van der Waals surface area (Å²) in [4.78, 5) is 12.7. The van der Waals surface area contributed by atoms with Gasteiger partial charge >= 0.3 is 0 Å². The van der Waals surface area contributed by atoms with E-state index >= 15 is 0 Å². The number of halogens is 1. The second kappa shape index (κ2) is 10.3. The molecule has 1 aromatic carbocycles. The lowest BCUT2D eigenvalue weighted by Gasteiger charge is -2.38. The van der Waals surface area contributed by atoms with E-state index in [0.29, 0.717) is 5.02 Å². The highest BCUT2D eigenvalue weighted by molar-refractivity contribution is 8.33. The van der Waals surface area contributed by atoms with Crippen LogP contribution in [0.1, 0.15) is 65.8 Å². The Kier molecular flexibility index (Phi) is 8.46. The number of rotatable bonds is 7. The minimum Gasteiger partial charge on any atom is -0.349 e. The van der Waals surface area contributed by atoms with Gasteiger partial charge in [-0.3, -0.25) is 4.98 Å². The molecule has 2 rings (SSSR count). The molecule has 0 amide bonds. The Hall–Kier alpha value is -1.98. The number of nitrogens with one attached hydrogen (secondary N) is 1. The summed E-state index contributed by atoms with van der Waals surface area (Å²) in [7, 11) is -1.34. The molecule has 0 aliphatic carbocycles. The number of amidine groups is 1. The van der Waals surface area contributed by atoms with Gasteiger partial charge in [-0.25, -0.2) is 4.99 Å². The fraction of sp³-hybridized carbons (Fsp3) is 0.462. The average molecular weight is 475 g/mol. The number of aliphatic imine (C=N–C) groups is 1. The molecule has 176 valence electrons. The largest absolute Gasteiger partial charge is 0.349 e. The van der Waals surface area contributed by atoms with Crippen molar-refractivity contribution in [2.24, 2.45) is 4.99 Å². The summed E-state index contributed by atoms with van der Waals surface area (Å²) in [5, 5.41) is 0.620. The highest BCUT2D eigenvalue weighted by Gasteiger charge is 2.26. The van der Waals surface area contributed by atoms with Crippen LogP contribution in [0.4, 0.5) is 5.69 Å². The summed E-state index contributed by atoms with van der Waals surface area (Å²) in [6, 6.07) is 11.2. The third-order valence-corrected chi connectivity index (χ3v) is 7.97. The smallest absolute Gasteiger partial charge is 0.102 e. The molecule has 1 heterocycles. The van der Waals surface area contributed by atoms with E-state index in [9.17, 15) is 0 Å². The molecule has 0 spiro atoms. The van der Waals surface area contributed by atoms with E-state index in [4.69, 9.17) is 16.6 Å². The molecular formula is C26H39ClN4S. The number of nitrogens with zero attached hydrogens (tertiary/aromatic N) is 3. The molecule has 0 aliphatic heterocycles. The number of hydrogen-bond donors (Lipinski definition) is 1. The van der Waals surface area contributed by atoms with Crippen molar-refractivity contribution in [1.82, 2.24) is 9.88 Å². The standard InChI is InChI=1S/C26H39ClN4S/c1-11-28-20(5)31(18(2)3)19(4)25-24(16-22(27)17-29-25)30-32(9,10)23-14-12-21(13-15-23)26(6,7)8/h11-19,30H,1H2,2-10H3. The van der Waals surface area contributed by atoms with Crippen molar-refractivity contribution in [2.45, 2.75) is 70.9 Å². The Labute approximate surface area is 201 Å². The maximum atomic E-state index is 6.38. The molecule has 0 aliphatic rings. The van der Waals surface area contributed by atoms with Crippen LogP contribution in [-0.4, -0.2) is 34.3 Å². The quantitative estimate of drug-likeness (QED) is 0.328. The van der Waals surface area contributed by atoms with Crippen LogP contribution in [-0.2, 0) is 5.41 Å². The molecule has 4 nitrogen and oxygen atoms in total. The van der Waals surface area contributed by atoms with Gasteiger partial charge in [-0.15, -0.1) is 10.2 Å². The topological polar surface area (TPSA) is 40.5 Å². The summed E-state index contributed by atoms with van der Waals surface area (Å²) in [6.07, 6.45) is 7.83. The third-order valence-electron chi connectivity index (χ3n) is 5.58. The van der Waals surface area contributed by atoms with Crippen LogP contribution in [0.15, 0.2) is 59.2 Å². The SMILES string of the molecule is C=CN=C(C)N(C(C)C)C(C)c1ncc(Cl)cc1NS(C)(C)c1ccc(C(C)(C)C)cc1. The highest BCUT2D eigenvalue weighted by Crippen LogP contribution is 2.50. The third kappa shape index (κ3) is 6.29. The summed E-state index contributed by atoms with van der Waals surface area (Å²) < 4.78 is 3.80. The Bertz CT molecular complexity index is 959. The van der Waals surface area contributed by atoms with Gasteiger partial charge < -0.3 is 9.62 Å². The predicted octanol–water partition coefficient (Wildman–Crippen LogP) is 7.82. The van der Waals surface area contributed by atoms with Crippen molar-refractivity contribution >= 4 is 33.3 Å². The first-order valence-corrected chi connectivity index (χ1v) is 13.8. The number of benzene rings is 1. The van der Waals surface area contributed by atoms with E-state index in [-0.39, 0.29) is 17.5 Å². The molecule has 2 aromatic rings. The average Bonchev–Trinajstić information content (AvgIpc) is 2.67. The van der Waals surface area contributed by atoms with Crippen LogP contribution in [0, 0.1) is 0 Å². The van der Waals surface area contributed by atoms with Gasteiger partial charge in [-0.1, -0.05) is 51.1 Å². The number of hydrogen-bond acceptors (Lipinski definition) is 3. The van der Waals surface area contributed by atoms with Gasteiger partial charge in [0.1, 0.15) is 5.84 Å². The molecule has 0 fully saturated rings. The molecule has 6 heteroatoms. The first-order valence-electron chi connectivity index (χ1n) is 11.0. The lowest BCUT2D eigenvalue weighted by atomic mass is 9.87. The van der Waals surface area contributed by atoms with E-state index < -0.39 is 10.2 Å². The molecule has 1 N–H and O–H groups in total. The van der Waals surface area contributed by atoms with Crippen LogP contribution in [0.2, 0.25) is 5.02 Å². The van der Waals surface area contributed by atoms with Crippen molar-refractivity contribution < 1.29 is 0 Å². The Morgan fingerprint density at radius 3 is 2.28 bits per heavy atom. The van der Waals surface area contributed by atoms with E-state index in [1.165, 1.54) is 10.5 Å². The van der Waals surface area contributed by atoms with Crippen LogP contribution in [0.25, 0.3) is 0 Å². The fourth-order valence-electron chi connectivity index (χ4n) is 3.93. The first kappa shape index (κ1) is 26.3. The second-order valence-corrected chi connectivity index (χ2v) is 13.6. The van der Waals surface area contributed by atoms with E-state index in [0.717, 1.165) is 17.2 Å². The van der Waals surface area contributed by atoms with Gasteiger partial charge in [-0.2, -0.15) is 0 Å². The van der Waals surface area contributed by atoms with Gasteiger partial charge in [0.05, 0.1) is 22.4 Å². The summed E-state index contributed by atoms with van der Waals surface area (Å²) in [5.74, 6) is 0.912. The lowest BCUT2D eigenvalue weighted by Crippen LogP contribution is -2.38. The zero-order chi connectivity index (χ0) is 24.3. The zero-order valence-electron chi connectivity index (χ0n) is 21.0. The Morgan fingerprint density at radius 1 is 1.19 bits per heavy atom. The Morgan fingerprint density at radius 2 is 1.78 bits per heavy atom. The molecule has 0 saturated heterocycles. The molecule has 32 heavy (non-hydrogen) atoms. The first-order chi connectivity index (χ1) is 14.8. The van der Waals surface area contributed by atoms with Gasteiger partial charge in [0, 0.05) is 23.3 Å². The van der Waals surface area contributed by atoms with Gasteiger partial charge in [0.2, 0.25) is 0 Å². The molecule has 0 bridgehead atoms. The van der Waals surface area contributed by atoms with E-state index in [2.05, 4.69) is 99.5 Å². The van der Waals surface area contributed by atoms with Crippen molar-refractivity contribution in [3.63, 3.8) is 0 Å². The molecule has 1 aromatic heterocycles. The normalized spacial score (nSPS) is 14.3. The maximum Gasteiger partial charge on any atom is 0.102 e. The molecule has 0 radical (unpaired) electrons. The van der Waals surface area contributed by atoms with Crippen LogP contribution >= 0.6 is 21.8 Å². The van der Waals surface area contributed by atoms with Gasteiger partial charge in [-0.05, 0) is 69.4 Å². The predicted molar refractivity (Wildman–Crippen MR) is 144 cm³/mol. The fourth-order valence-corrected chi connectivity index (χ4v) is 5.73. The molecular weight excluding hydrogens is 436 g/mol. The van der Waals surface area contributed by atoms with Gasteiger partial charge in [0.25, 0.3) is 0 Å². The number of aromatic nitrogens is 1. The number of anilines is 1. The van der Waals surface area contributed by atoms with E-state index in [1.807, 2.05) is 13.0 Å². The summed E-state index contributed by atoms with van der Waals surface area (Å²) >= 11 is 6.38. The van der Waals surface area contributed by atoms with Gasteiger partial charge in [0.15, 0.2) is 0 Å². The van der Waals surface area contributed by atoms with Crippen molar-refractivity contribution in [3.05, 3.63) is 65.6 Å².